The summed E-state index contributed by atoms with van der Waals surface area (Å²) in [5.41, 5.74) is 2.85. The van der Waals surface area contributed by atoms with Crippen LogP contribution in [0.5, 0.6) is 0 Å². The summed E-state index contributed by atoms with van der Waals surface area (Å²) in [7, 11) is -4.14. The Morgan fingerprint density at radius 1 is 0.795 bits per heavy atom. The van der Waals surface area contributed by atoms with Crippen molar-refractivity contribution in [3.05, 3.63) is 131 Å². The zero-order valence-corrected chi connectivity index (χ0v) is 26.6. The number of benzene rings is 4. The Hall–Kier alpha value is -4.14. The Kier molecular flexibility index (Phi) is 11.6. The van der Waals surface area contributed by atoms with Crippen molar-refractivity contribution < 1.29 is 18.0 Å². The second-order valence-electron chi connectivity index (χ2n) is 10.5. The largest absolute Gasteiger partial charge is 0.354 e. The van der Waals surface area contributed by atoms with Gasteiger partial charge in [-0.15, -0.1) is 0 Å². The molecule has 0 heterocycles. The lowest BCUT2D eigenvalue weighted by atomic mass is 10.0. The molecule has 0 aliphatic heterocycles. The Bertz CT molecular complexity index is 1630. The first-order valence-corrected chi connectivity index (χ1v) is 16.6. The summed E-state index contributed by atoms with van der Waals surface area (Å²) in [6.45, 7) is 3.94. The minimum absolute atomic E-state index is 0.0736. The maximum Gasteiger partial charge on any atom is 0.264 e. The van der Waals surface area contributed by atoms with Gasteiger partial charge < -0.3 is 10.2 Å². The first-order valence-electron chi connectivity index (χ1n) is 14.8. The van der Waals surface area contributed by atoms with Gasteiger partial charge in [-0.3, -0.25) is 13.9 Å². The number of aryl methyl sites for hydroxylation is 1. The molecule has 0 saturated heterocycles. The molecule has 9 heteroatoms. The van der Waals surface area contributed by atoms with Gasteiger partial charge in [-0.25, -0.2) is 8.42 Å². The second-order valence-corrected chi connectivity index (χ2v) is 12.8. The topological polar surface area (TPSA) is 86.8 Å². The highest BCUT2D eigenvalue weighted by Gasteiger charge is 2.35. The van der Waals surface area contributed by atoms with Crippen molar-refractivity contribution >= 4 is 39.1 Å². The minimum atomic E-state index is -4.14. The molecule has 0 radical (unpaired) electrons. The monoisotopic (exact) mass is 631 g/mol. The molecule has 0 aliphatic carbocycles. The van der Waals surface area contributed by atoms with Crippen LogP contribution in [0.25, 0.3) is 0 Å². The van der Waals surface area contributed by atoms with E-state index < -0.39 is 28.5 Å². The number of nitrogens with zero attached hydrogens (tertiary/aromatic N) is 2. The number of anilines is 1. The highest BCUT2D eigenvalue weighted by atomic mass is 35.5. The Balaban J connectivity index is 1.81. The van der Waals surface area contributed by atoms with E-state index in [2.05, 4.69) is 5.32 Å². The van der Waals surface area contributed by atoms with E-state index in [0.29, 0.717) is 23.7 Å². The highest BCUT2D eigenvalue weighted by Crippen LogP contribution is 2.28. The van der Waals surface area contributed by atoms with Crippen LogP contribution in [-0.2, 0) is 39.0 Å². The number of halogens is 1. The molecule has 0 aliphatic rings. The fourth-order valence-electron chi connectivity index (χ4n) is 4.99. The van der Waals surface area contributed by atoms with Gasteiger partial charge in [0.25, 0.3) is 10.0 Å². The number of hydrogen-bond acceptors (Lipinski definition) is 4. The first kappa shape index (κ1) is 32.8. The lowest BCUT2D eigenvalue weighted by Gasteiger charge is -2.34. The summed E-state index contributed by atoms with van der Waals surface area (Å²) in [6.07, 6.45) is 1.55. The molecular formula is C35H38ClN3O4S. The van der Waals surface area contributed by atoms with Gasteiger partial charge in [-0.2, -0.15) is 0 Å². The molecule has 1 N–H and O–H groups in total. The van der Waals surface area contributed by atoms with Crippen LogP contribution in [0.2, 0.25) is 5.02 Å². The molecule has 0 unspecified atom stereocenters. The van der Waals surface area contributed by atoms with Crippen LogP contribution in [0.4, 0.5) is 5.69 Å². The molecule has 0 spiro atoms. The third kappa shape index (κ3) is 8.27. The SMILES string of the molecule is CCCNC(=O)[C@H](Cc1ccccc1)N(Cc1ccc(Cl)cc1)C(=O)CN(c1ccccc1CC)S(=O)(=O)c1ccccc1. The van der Waals surface area contributed by atoms with E-state index in [1.54, 1.807) is 54.6 Å². The molecule has 4 aromatic rings. The molecular weight excluding hydrogens is 594 g/mol. The van der Waals surface area contributed by atoms with Crippen molar-refractivity contribution in [3.8, 4) is 0 Å². The minimum Gasteiger partial charge on any atom is -0.354 e. The summed E-state index contributed by atoms with van der Waals surface area (Å²) in [5, 5.41) is 3.50. The molecule has 230 valence electrons. The molecule has 0 fully saturated rings. The van der Waals surface area contributed by atoms with Crippen molar-refractivity contribution in [2.75, 3.05) is 17.4 Å². The standard InChI is InChI=1S/C35H38ClN3O4S/c1-3-23-37-35(41)33(24-27-13-7-5-8-14-27)38(25-28-19-21-30(36)22-20-28)34(40)26-39(32-18-12-11-15-29(32)4-2)44(42,43)31-16-9-6-10-17-31/h5-22,33H,3-4,23-26H2,1-2H3,(H,37,41)/t33-/m0/s1. The van der Waals surface area contributed by atoms with Crippen LogP contribution < -0.4 is 9.62 Å². The van der Waals surface area contributed by atoms with Crippen LogP contribution >= 0.6 is 11.6 Å². The first-order chi connectivity index (χ1) is 21.2. The molecule has 0 aromatic heterocycles. The van der Waals surface area contributed by atoms with E-state index in [0.717, 1.165) is 23.1 Å². The van der Waals surface area contributed by atoms with Gasteiger partial charge in [-0.1, -0.05) is 104 Å². The Morgan fingerprint density at radius 3 is 2.05 bits per heavy atom. The molecule has 44 heavy (non-hydrogen) atoms. The van der Waals surface area contributed by atoms with Gasteiger partial charge in [0.15, 0.2) is 0 Å². The molecule has 7 nitrogen and oxygen atoms in total. The number of nitrogens with one attached hydrogen (secondary N) is 1. The number of hydrogen-bond donors (Lipinski definition) is 1. The Labute approximate surface area is 265 Å². The average Bonchev–Trinajstić information content (AvgIpc) is 3.05. The average molecular weight is 632 g/mol. The quantitative estimate of drug-likeness (QED) is 0.178. The zero-order chi connectivity index (χ0) is 31.5. The van der Waals surface area contributed by atoms with Gasteiger partial charge in [-0.05, 0) is 59.9 Å². The maximum atomic E-state index is 14.5. The van der Waals surface area contributed by atoms with Crippen LogP contribution in [-0.4, -0.2) is 44.3 Å². The van der Waals surface area contributed by atoms with Crippen LogP contribution in [0.15, 0.2) is 114 Å². The molecule has 1 atom stereocenters. The summed E-state index contributed by atoms with van der Waals surface area (Å²) >= 11 is 6.14. The summed E-state index contributed by atoms with van der Waals surface area (Å²) in [5.74, 6) is -0.803. The van der Waals surface area contributed by atoms with E-state index in [9.17, 15) is 18.0 Å². The van der Waals surface area contributed by atoms with Crippen LogP contribution in [0.1, 0.15) is 37.0 Å². The van der Waals surface area contributed by atoms with Crippen LogP contribution in [0.3, 0.4) is 0 Å². The predicted octanol–water partition coefficient (Wildman–Crippen LogP) is 6.26. The van der Waals surface area contributed by atoms with E-state index in [-0.39, 0.29) is 23.8 Å². The van der Waals surface area contributed by atoms with Gasteiger partial charge in [0.2, 0.25) is 11.8 Å². The number of rotatable bonds is 14. The predicted molar refractivity (Wildman–Crippen MR) is 176 cm³/mol. The van der Waals surface area contributed by atoms with Gasteiger partial charge in [0, 0.05) is 24.5 Å². The Morgan fingerprint density at radius 2 is 1.41 bits per heavy atom. The summed E-state index contributed by atoms with van der Waals surface area (Å²) in [6, 6.07) is 30.9. The molecule has 2 amide bonds. The normalized spacial score (nSPS) is 11.9. The number of carbonyl (C=O) groups is 2. The third-order valence-electron chi connectivity index (χ3n) is 7.34. The smallest absolute Gasteiger partial charge is 0.264 e. The van der Waals surface area contributed by atoms with Crippen molar-refractivity contribution in [3.63, 3.8) is 0 Å². The van der Waals surface area contributed by atoms with Gasteiger partial charge >= 0.3 is 0 Å². The number of amides is 2. The number of para-hydroxylation sites is 1. The summed E-state index contributed by atoms with van der Waals surface area (Å²) < 4.78 is 29.5. The van der Waals surface area contributed by atoms with E-state index in [4.69, 9.17) is 11.6 Å². The number of carbonyl (C=O) groups excluding carboxylic acids is 2. The van der Waals surface area contributed by atoms with Gasteiger partial charge in [0.05, 0.1) is 10.6 Å². The van der Waals surface area contributed by atoms with E-state index in [1.165, 1.54) is 21.3 Å². The fourth-order valence-corrected chi connectivity index (χ4v) is 6.59. The van der Waals surface area contributed by atoms with E-state index in [1.807, 2.05) is 56.3 Å². The molecule has 0 bridgehead atoms. The third-order valence-corrected chi connectivity index (χ3v) is 9.36. The van der Waals surface area contributed by atoms with Crippen molar-refractivity contribution in [1.82, 2.24) is 10.2 Å². The molecule has 4 rings (SSSR count). The van der Waals surface area contributed by atoms with Crippen LogP contribution in [0, 0.1) is 0 Å². The second kappa shape index (κ2) is 15.5. The van der Waals surface area contributed by atoms with Crippen molar-refractivity contribution in [2.24, 2.45) is 0 Å². The lowest BCUT2D eigenvalue weighted by Crippen LogP contribution is -2.53. The molecule has 0 saturated carbocycles. The molecule has 4 aromatic carbocycles. The fraction of sp³-hybridized carbons (Fsp3) is 0.257. The number of sulfonamides is 1. The maximum absolute atomic E-state index is 14.5. The van der Waals surface area contributed by atoms with Gasteiger partial charge in [0.1, 0.15) is 12.6 Å². The lowest BCUT2D eigenvalue weighted by molar-refractivity contribution is -0.140. The summed E-state index contributed by atoms with van der Waals surface area (Å²) in [4.78, 5) is 29.8. The zero-order valence-electron chi connectivity index (χ0n) is 25.0. The van der Waals surface area contributed by atoms with E-state index >= 15 is 0 Å². The highest BCUT2D eigenvalue weighted by molar-refractivity contribution is 7.92. The van der Waals surface area contributed by atoms with Crippen molar-refractivity contribution in [2.45, 2.75) is 50.6 Å². The van der Waals surface area contributed by atoms with Crippen molar-refractivity contribution in [1.29, 1.82) is 0 Å².